The largest absolute Gasteiger partial charge is 0.396 e. The molecule has 0 atom stereocenters. The Morgan fingerprint density at radius 2 is 2.40 bits per heavy atom. The van der Waals surface area contributed by atoms with E-state index in [-0.39, 0.29) is 0 Å². The average molecular weight is 204 g/mol. The van der Waals surface area contributed by atoms with Crippen LogP contribution in [0.1, 0.15) is 5.82 Å². The molecule has 0 amide bonds. The zero-order valence-electron chi connectivity index (χ0n) is 8.38. The van der Waals surface area contributed by atoms with Gasteiger partial charge in [-0.05, 0) is 12.1 Å². The molecule has 0 saturated carbocycles. The molecular formula is C9H12N6. The second-order valence-electron chi connectivity index (χ2n) is 3.15. The van der Waals surface area contributed by atoms with Crippen LogP contribution in [0, 0.1) is 0 Å². The maximum Gasteiger partial charge on any atom is 0.151 e. The molecule has 0 spiro atoms. The van der Waals surface area contributed by atoms with Gasteiger partial charge in [0.25, 0.3) is 0 Å². The maximum absolute atomic E-state index is 5.73. The number of aryl methyl sites for hydroxylation is 1. The van der Waals surface area contributed by atoms with E-state index in [2.05, 4.69) is 20.5 Å². The number of nitrogens with zero attached hydrogens (tertiary/aromatic N) is 4. The summed E-state index contributed by atoms with van der Waals surface area (Å²) in [6.45, 7) is 0.553. The van der Waals surface area contributed by atoms with Crippen LogP contribution in [-0.2, 0) is 13.6 Å². The molecule has 2 rings (SSSR count). The summed E-state index contributed by atoms with van der Waals surface area (Å²) in [6.07, 6.45) is 3.34. The first-order chi connectivity index (χ1) is 7.27. The molecule has 2 heterocycles. The first-order valence-corrected chi connectivity index (χ1v) is 4.54. The van der Waals surface area contributed by atoms with Crippen LogP contribution in [0.2, 0.25) is 0 Å². The van der Waals surface area contributed by atoms with E-state index in [1.165, 1.54) is 0 Å². The van der Waals surface area contributed by atoms with Crippen LogP contribution in [0.5, 0.6) is 0 Å². The van der Waals surface area contributed by atoms with Gasteiger partial charge in [0, 0.05) is 13.2 Å². The predicted molar refractivity (Wildman–Crippen MR) is 57.0 cm³/mol. The number of pyridine rings is 1. The minimum absolute atomic E-state index is 0.553. The summed E-state index contributed by atoms with van der Waals surface area (Å²) >= 11 is 0. The first-order valence-electron chi connectivity index (χ1n) is 4.54. The van der Waals surface area contributed by atoms with Crippen molar-refractivity contribution in [1.82, 2.24) is 19.7 Å². The predicted octanol–water partition coefficient (Wildman–Crippen LogP) is 0.404. The highest BCUT2D eigenvalue weighted by atomic mass is 15.3. The Morgan fingerprint density at radius 1 is 1.53 bits per heavy atom. The van der Waals surface area contributed by atoms with Gasteiger partial charge in [0.15, 0.2) is 5.82 Å². The smallest absolute Gasteiger partial charge is 0.151 e. The molecule has 0 bridgehead atoms. The van der Waals surface area contributed by atoms with E-state index < -0.39 is 0 Å². The van der Waals surface area contributed by atoms with Gasteiger partial charge in [-0.3, -0.25) is 0 Å². The second-order valence-corrected chi connectivity index (χ2v) is 3.15. The van der Waals surface area contributed by atoms with E-state index in [0.29, 0.717) is 18.1 Å². The summed E-state index contributed by atoms with van der Waals surface area (Å²) < 4.78 is 1.84. The third-order valence-corrected chi connectivity index (χ3v) is 2.06. The van der Waals surface area contributed by atoms with Gasteiger partial charge >= 0.3 is 0 Å². The lowest BCUT2D eigenvalue weighted by molar-refractivity contribution is 0.810. The van der Waals surface area contributed by atoms with E-state index in [1.54, 1.807) is 24.7 Å². The number of hydrogen-bond donors (Lipinski definition) is 2. The summed E-state index contributed by atoms with van der Waals surface area (Å²) in [5.74, 6) is 1.50. The Bertz CT molecular complexity index is 449. The summed E-state index contributed by atoms with van der Waals surface area (Å²) in [7, 11) is 1.89. The molecule has 0 aromatic carbocycles. The summed E-state index contributed by atoms with van der Waals surface area (Å²) in [5.41, 5.74) is 6.35. The highest BCUT2D eigenvalue weighted by Crippen LogP contribution is 2.13. The molecule has 2 aromatic heterocycles. The summed E-state index contributed by atoms with van der Waals surface area (Å²) in [6, 6.07) is 3.59. The second kappa shape index (κ2) is 3.95. The van der Waals surface area contributed by atoms with Gasteiger partial charge in [-0.15, -0.1) is 10.2 Å². The summed E-state index contributed by atoms with van der Waals surface area (Å²) in [4.78, 5) is 4.11. The molecular weight excluding hydrogens is 192 g/mol. The van der Waals surface area contributed by atoms with Crippen LogP contribution >= 0.6 is 0 Å². The van der Waals surface area contributed by atoms with Crippen molar-refractivity contribution in [2.24, 2.45) is 7.05 Å². The van der Waals surface area contributed by atoms with E-state index in [4.69, 9.17) is 5.73 Å². The lowest BCUT2D eigenvalue weighted by Gasteiger charge is -2.06. The van der Waals surface area contributed by atoms with E-state index >= 15 is 0 Å². The molecule has 6 nitrogen and oxygen atoms in total. The molecule has 0 fully saturated rings. The van der Waals surface area contributed by atoms with Crippen molar-refractivity contribution in [3.63, 3.8) is 0 Å². The lowest BCUT2D eigenvalue weighted by atomic mass is 10.4. The van der Waals surface area contributed by atoms with E-state index in [0.717, 1.165) is 5.82 Å². The molecule has 0 aliphatic carbocycles. The van der Waals surface area contributed by atoms with Crippen molar-refractivity contribution in [3.05, 3.63) is 30.5 Å². The Morgan fingerprint density at radius 3 is 3.07 bits per heavy atom. The first kappa shape index (κ1) is 9.45. The Kier molecular flexibility index (Phi) is 2.49. The van der Waals surface area contributed by atoms with Crippen LogP contribution in [0.3, 0.4) is 0 Å². The Balaban J connectivity index is 2.06. The highest BCUT2D eigenvalue weighted by molar-refractivity contribution is 5.60. The van der Waals surface area contributed by atoms with Crippen LogP contribution in [-0.4, -0.2) is 19.7 Å². The number of nitrogens with two attached hydrogens (primary N) is 1. The molecule has 0 aliphatic heterocycles. The van der Waals surface area contributed by atoms with Crippen LogP contribution in [0.4, 0.5) is 11.5 Å². The number of nitrogens with one attached hydrogen (secondary N) is 1. The number of aromatic nitrogens is 4. The van der Waals surface area contributed by atoms with Crippen LogP contribution < -0.4 is 11.1 Å². The molecule has 3 N–H and O–H groups in total. The molecule has 0 saturated heterocycles. The van der Waals surface area contributed by atoms with Gasteiger partial charge in [0.1, 0.15) is 12.1 Å². The standard InChI is InChI=1S/C9H12N6/c1-15-6-13-14-8(15)5-12-9-7(10)3-2-4-11-9/h2-4,6H,5,10H2,1H3,(H,11,12). The molecule has 0 radical (unpaired) electrons. The maximum atomic E-state index is 5.73. The van der Waals surface area contributed by atoms with Gasteiger partial charge < -0.3 is 15.6 Å². The highest BCUT2D eigenvalue weighted by Gasteiger charge is 2.02. The van der Waals surface area contributed by atoms with Gasteiger partial charge in [-0.2, -0.15) is 0 Å². The molecule has 15 heavy (non-hydrogen) atoms. The zero-order valence-corrected chi connectivity index (χ0v) is 8.38. The fraction of sp³-hybridized carbons (Fsp3) is 0.222. The zero-order chi connectivity index (χ0) is 10.7. The number of hydrogen-bond acceptors (Lipinski definition) is 5. The van der Waals surface area contributed by atoms with Crippen molar-refractivity contribution < 1.29 is 0 Å². The molecule has 2 aromatic rings. The summed E-state index contributed by atoms with van der Waals surface area (Å²) in [5, 5.41) is 10.8. The van der Waals surface area contributed by atoms with Gasteiger partial charge in [0.05, 0.1) is 12.2 Å². The van der Waals surface area contributed by atoms with E-state index in [1.807, 2.05) is 11.6 Å². The van der Waals surface area contributed by atoms with Crippen molar-refractivity contribution in [3.8, 4) is 0 Å². The van der Waals surface area contributed by atoms with Gasteiger partial charge in [0.2, 0.25) is 0 Å². The Hall–Kier alpha value is -2.11. The molecule has 0 unspecified atom stereocenters. The normalized spacial score (nSPS) is 10.2. The van der Waals surface area contributed by atoms with Crippen molar-refractivity contribution >= 4 is 11.5 Å². The topological polar surface area (TPSA) is 81.7 Å². The number of rotatable bonds is 3. The third kappa shape index (κ3) is 2.04. The monoisotopic (exact) mass is 204 g/mol. The molecule has 0 aliphatic rings. The fourth-order valence-electron chi connectivity index (χ4n) is 1.20. The minimum atomic E-state index is 0.553. The minimum Gasteiger partial charge on any atom is -0.396 e. The Labute approximate surface area is 87.2 Å². The number of anilines is 2. The quantitative estimate of drug-likeness (QED) is 0.756. The molecule has 6 heteroatoms. The fourth-order valence-corrected chi connectivity index (χ4v) is 1.20. The third-order valence-electron chi connectivity index (χ3n) is 2.06. The van der Waals surface area contributed by atoms with Crippen LogP contribution in [0.15, 0.2) is 24.7 Å². The van der Waals surface area contributed by atoms with Gasteiger partial charge in [-0.1, -0.05) is 0 Å². The number of nitrogen functional groups attached to an aromatic ring is 1. The SMILES string of the molecule is Cn1cnnc1CNc1ncccc1N. The lowest BCUT2D eigenvalue weighted by Crippen LogP contribution is -2.08. The van der Waals surface area contributed by atoms with Crippen molar-refractivity contribution in [2.75, 3.05) is 11.1 Å². The van der Waals surface area contributed by atoms with E-state index in [9.17, 15) is 0 Å². The van der Waals surface area contributed by atoms with Crippen molar-refractivity contribution in [2.45, 2.75) is 6.54 Å². The van der Waals surface area contributed by atoms with Gasteiger partial charge in [-0.25, -0.2) is 4.98 Å². The van der Waals surface area contributed by atoms with Crippen molar-refractivity contribution in [1.29, 1.82) is 0 Å². The molecule has 78 valence electrons. The average Bonchev–Trinajstić information content (AvgIpc) is 2.63. The van der Waals surface area contributed by atoms with Crippen LogP contribution in [0.25, 0.3) is 0 Å².